The quantitative estimate of drug-likeness (QED) is 0.754. The molecule has 2 heteroatoms. The zero-order chi connectivity index (χ0) is 15.6. The lowest BCUT2D eigenvalue weighted by Gasteiger charge is -2.41. The Morgan fingerprint density at radius 3 is 2.35 bits per heavy atom. The second-order valence-corrected chi connectivity index (χ2v) is 6.82. The van der Waals surface area contributed by atoms with Crippen LogP contribution in [-0.4, -0.2) is 37.5 Å². The average molecular weight is 278 g/mol. The third kappa shape index (κ3) is 3.21. The van der Waals surface area contributed by atoms with E-state index in [1.54, 1.807) is 5.57 Å². The third-order valence-corrected chi connectivity index (χ3v) is 5.22. The van der Waals surface area contributed by atoms with E-state index in [-0.39, 0.29) is 0 Å². The molecule has 1 heterocycles. The Bertz CT molecular complexity index is 404. The first-order chi connectivity index (χ1) is 9.22. The molecule has 1 rings (SSSR count). The number of nitrogens with zero attached hydrogens (tertiary/aromatic N) is 2. The monoisotopic (exact) mass is 278 g/mol. The lowest BCUT2D eigenvalue weighted by Crippen LogP contribution is -2.37. The van der Waals surface area contributed by atoms with E-state index in [2.05, 4.69) is 72.5 Å². The summed E-state index contributed by atoms with van der Waals surface area (Å²) in [5, 5.41) is 0. The Morgan fingerprint density at radius 2 is 1.90 bits per heavy atom. The summed E-state index contributed by atoms with van der Waals surface area (Å²) in [7, 11) is 6.60. The SMILES string of the molecule is CC/C(C)=C(/C(C)C1=C(C)N(C)CC(C)C1C)N(C)C. The molecule has 3 unspecified atom stereocenters. The van der Waals surface area contributed by atoms with Gasteiger partial charge in [0.25, 0.3) is 0 Å². The summed E-state index contributed by atoms with van der Waals surface area (Å²) in [5.41, 5.74) is 6.11. The molecule has 0 aromatic rings. The summed E-state index contributed by atoms with van der Waals surface area (Å²) in [6, 6.07) is 0. The minimum Gasteiger partial charge on any atom is -0.381 e. The molecule has 1 aliphatic rings. The number of hydrogen-bond donors (Lipinski definition) is 0. The van der Waals surface area contributed by atoms with E-state index in [0.717, 1.165) is 12.3 Å². The lowest BCUT2D eigenvalue weighted by molar-refractivity contribution is 0.246. The maximum absolute atomic E-state index is 2.44. The van der Waals surface area contributed by atoms with E-state index in [1.807, 2.05) is 0 Å². The molecule has 0 fully saturated rings. The molecule has 20 heavy (non-hydrogen) atoms. The van der Waals surface area contributed by atoms with Crippen molar-refractivity contribution in [2.45, 2.75) is 48.0 Å². The highest BCUT2D eigenvalue weighted by atomic mass is 15.1. The Labute approximate surface area is 126 Å². The van der Waals surface area contributed by atoms with Gasteiger partial charge in [-0.2, -0.15) is 0 Å². The van der Waals surface area contributed by atoms with Crippen LogP contribution in [0.4, 0.5) is 0 Å². The maximum Gasteiger partial charge on any atom is 0.0202 e. The van der Waals surface area contributed by atoms with E-state index >= 15 is 0 Å². The molecule has 0 radical (unpaired) electrons. The molecule has 0 aromatic heterocycles. The minimum absolute atomic E-state index is 0.505. The van der Waals surface area contributed by atoms with Crippen LogP contribution in [0.15, 0.2) is 22.5 Å². The minimum atomic E-state index is 0.505. The number of allylic oxidation sites excluding steroid dienone is 3. The molecule has 0 bridgehead atoms. The van der Waals surface area contributed by atoms with Gasteiger partial charge in [-0.15, -0.1) is 0 Å². The van der Waals surface area contributed by atoms with Crippen molar-refractivity contribution in [1.29, 1.82) is 0 Å². The summed E-state index contributed by atoms with van der Waals surface area (Å²) >= 11 is 0. The van der Waals surface area contributed by atoms with E-state index in [0.29, 0.717) is 11.8 Å². The van der Waals surface area contributed by atoms with Crippen LogP contribution in [0.25, 0.3) is 0 Å². The molecular formula is C18H34N2. The van der Waals surface area contributed by atoms with Gasteiger partial charge in [-0.25, -0.2) is 0 Å². The fourth-order valence-electron chi connectivity index (χ4n) is 3.76. The van der Waals surface area contributed by atoms with E-state index in [1.165, 1.54) is 23.5 Å². The van der Waals surface area contributed by atoms with Gasteiger partial charge < -0.3 is 9.80 Å². The van der Waals surface area contributed by atoms with E-state index in [9.17, 15) is 0 Å². The molecule has 0 saturated heterocycles. The molecule has 116 valence electrons. The summed E-state index contributed by atoms with van der Waals surface area (Å²) in [5.74, 6) is 1.90. The summed E-state index contributed by atoms with van der Waals surface area (Å²) in [6.07, 6.45) is 1.13. The molecule has 0 saturated carbocycles. The Morgan fingerprint density at radius 1 is 1.35 bits per heavy atom. The van der Waals surface area contributed by atoms with Gasteiger partial charge in [0, 0.05) is 45.0 Å². The molecule has 3 atom stereocenters. The fourth-order valence-corrected chi connectivity index (χ4v) is 3.76. The van der Waals surface area contributed by atoms with Crippen molar-refractivity contribution in [3.05, 3.63) is 22.5 Å². The van der Waals surface area contributed by atoms with Crippen LogP contribution in [0, 0.1) is 17.8 Å². The van der Waals surface area contributed by atoms with Crippen molar-refractivity contribution in [3.8, 4) is 0 Å². The molecule has 0 spiro atoms. The molecule has 0 amide bonds. The highest BCUT2D eigenvalue weighted by molar-refractivity contribution is 5.29. The summed E-state index contributed by atoms with van der Waals surface area (Å²) in [4.78, 5) is 4.75. The summed E-state index contributed by atoms with van der Waals surface area (Å²) < 4.78 is 0. The van der Waals surface area contributed by atoms with Crippen LogP contribution < -0.4 is 0 Å². The zero-order valence-electron chi connectivity index (χ0n) is 15.0. The molecule has 0 N–H and O–H groups in total. The first-order valence-corrected chi connectivity index (χ1v) is 8.01. The molecule has 0 aromatic carbocycles. The fraction of sp³-hybridized carbons (Fsp3) is 0.778. The normalized spacial score (nSPS) is 26.6. The van der Waals surface area contributed by atoms with Gasteiger partial charge in [-0.1, -0.05) is 33.3 Å². The van der Waals surface area contributed by atoms with E-state index < -0.39 is 0 Å². The van der Waals surface area contributed by atoms with Crippen LogP contribution in [0.3, 0.4) is 0 Å². The zero-order valence-corrected chi connectivity index (χ0v) is 15.0. The first kappa shape index (κ1) is 17.1. The van der Waals surface area contributed by atoms with Gasteiger partial charge in [-0.05, 0) is 37.7 Å². The second kappa shape index (κ2) is 6.69. The Kier molecular flexibility index (Phi) is 5.73. The van der Waals surface area contributed by atoms with Gasteiger partial charge in [-0.3, -0.25) is 0 Å². The maximum atomic E-state index is 2.44. The predicted molar refractivity (Wildman–Crippen MR) is 89.5 cm³/mol. The molecular weight excluding hydrogens is 244 g/mol. The van der Waals surface area contributed by atoms with Gasteiger partial charge in [0.1, 0.15) is 0 Å². The number of rotatable bonds is 4. The topological polar surface area (TPSA) is 6.48 Å². The van der Waals surface area contributed by atoms with Crippen molar-refractivity contribution in [2.24, 2.45) is 17.8 Å². The second-order valence-electron chi connectivity index (χ2n) is 6.82. The van der Waals surface area contributed by atoms with Crippen LogP contribution in [-0.2, 0) is 0 Å². The molecule has 2 nitrogen and oxygen atoms in total. The van der Waals surface area contributed by atoms with Crippen LogP contribution in [0.2, 0.25) is 0 Å². The molecule has 1 aliphatic heterocycles. The van der Waals surface area contributed by atoms with Crippen molar-refractivity contribution in [1.82, 2.24) is 9.80 Å². The van der Waals surface area contributed by atoms with Crippen LogP contribution in [0.1, 0.15) is 48.0 Å². The highest BCUT2D eigenvalue weighted by Gasteiger charge is 2.31. The largest absolute Gasteiger partial charge is 0.381 e. The van der Waals surface area contributed by atoms with Crippen molar-refractivity contribution < 1.29 is 0 Å². The standard InChI is InChI=1S/C18H34N2/c1-10-12(2)18(19(7)8)15(5)17-14(4)13(3)11-20(9)16(17)6/h13-15H,10-11H2,1-9H3/b18-12-. The van der Waals surface area contributed by atoms with E-state index in [4.69, 9.17) is 0 Å². The van der Waals surface area contributed by atoms with Crippen molar-refractivity contribution in [2.75, 3.05) is 27.7 Å². The van der Waals surface area contributed by atoms with Gasteiger partial charge in [0.05, 0.1) is 0 Å². The summed E-state index contributed by atoms with van der Waals surface area (Å²) in [6.45, 7) is 15.2. The number of hydrogen-bond acceptors (Lipinski definition) is 2. The third-order valence-electron chi connectivity index (χ3n) is 5.22. The van der Waals surface area contributed by atoms with Crippen LogP contribution in [0.5, 0.6) is 0 Å². The van der Waals surface area contributed by atoms with Gasteiger partial charge >= 0.3 is 0 Å². The lowest BCUT2D eigenvalue weighted by atomic mass is 9.76. The Hall–Kier alpha value is -0.920. The molecule has 0 aliphatic carbocycles. The predicted octanol–water partition coefficient (Wildman–Crippen LogP) is 4.36. The average Bonchev–Trinajstić information content (AvgIpc) is 2.36. The Balaban J connectivity index is 3.29. The van der Waals surface area contributed by atoms with Crippen molar-refractivity contribution >= 4 is 0 Å². The smallest absolute Gasteiger partial charge is 0.0202 e. The van der Waals surface area contributed by atoms with Gasteiger partial charge in [0.15, 0.2) is 0 Å². The van der Waals surface area contributed by atoms with Crippen LogP contribution >= 0.6 is 0 Å². The van der Waals surface area contributed by atoms with Crippen molar-refractivity contribution in [3.63, 3.8) is 0 Å². The first-order valence-electron chi connectivity index (χ1n) is 8.01. The highest BCUT2D eigenvalue weighted by Crippen LogP contribution is 2.39. The van der Waals surface area contributed by atoms with Gasteiger partial charge in [0.2, 0.25) is 0 Å².